The van der Waals surface area contributed by atoms with Crippen LogP contribution in [0, 0.1) is 0 Å². The maximum Gasteiger partial charge on any atom is 0.163 e. The molecule has 24 heavy (non-hydrogen) atoms. The average molecular weight is 324 g/mol. The molecule has 0 spiro atoms. The molecule has 0 N–H and O–H groups in total. The topological polar surface area (TPSA) is 52.6 Å². The molecule has 0 aliphatic carbocycles. The van der Waals surface area contributed by atoms with Gasteiger partial charge in [0.05, 0.1) is 0 Å². The molecule has 0 aromatic heterocycles. The van der Waals surface area contributed by atoms with Gasteiger partial charge in [0.1, 0.15) is 13.2 Å². The predicted octanol–water partition coefficient (Wildman–Crippen LogP) is 3.87. The number of carbonyl (C=O) groups excluding carboxylic acids is 2. The average Bonchev–Trinajstić information content (AvgIpc) is 2.65. The second-order valence-corrected chi connectivity index (χ2v) is 5.72. The van der Waals surface area contributed by atoms with Gasteiger partial charge in [-0.3, -0.25) is 9.59 Å². The number of carbonyl (C=O) groups is 2. The number of Topliss-reactive ketones (excluding diaryl/α,β-unsaturated/α-hetero) is 2. The molecule has 0 bridgehead atoms. The molecule has 1 heterocycles. The summed E-state index contributed by atoms with van der Waals surface area (Å²) in [5, 5.41) is 0. The van der Waals surface area contributed by atoms with Crippen LogP contribution in [-0.4, -0.2) is 24.8 Å². The first-order valence-corrected chi connectivity index (χ1v) is 8.23. The van der Waals surface area contributed by atoms with Gasteiger partial charge in [0.2, 0.25) is 0 Å². The van der Waals surface area contributed by atoms with Crippen LogP contribution in [0.15, 0.2) is 42.5 Å². The van der Waals surface area contributed by atoms with Crippen molar-refractivity contribution in [2.24, 2.45) is 0 Å². The Morgan fingerprint density at radius 1 is 0.917 bits per heavy atom. The van der Waals surface area contributed by atoms with E-state index >= 15 is 0 Å². The van der Waals surface area contributed by atoms with Gasteiger partial charge in [-0.15, -0.1) is 0 Å². The predicted molar refractivity (Wildman–Crippen MR) is 91.1 cm³/mol. The quantitative estimate of drug-likeness (QED) is 0.757. The fraction of sp³-hybridized carbons (Fsp3) is 0.300. The molecule has 0 amide bonds. The van der Waals surface area contributed by atoms with Crippen LogP contribution in [0.1, 0.15) is 46.0 Å². The highest BCUT2D eigenvalue weighted by Gasteiger charge is 2.17. The Kier molecular flexibility index (Phi) is 4.94. The first-order valence-electron chi connectivity index (χ1n) is 8.23. The maximum atomic E-state index is 12.4. The van der Waals surface area contributed by atoms with Crippen LogP contribution < -0.4 is 9.47 Å². The summed E-state index contributed by atoms with van der Waals surface area (Å²) < 4.78 is 10.9. The van der Waals surface area contributed by atoms with E-state index in [-0.39, 0.29) is 24.4 Å². The monoisotopic (exact) mass is 324 g/mol. The SMILES string of the molecule is CCc1ccccc1C(=O)CCC(=O)c1ccc2c(c1)OCCO2. The van der Waals surface area contributed by atoms with Crippen molar-refractivity contribution in [3.8, 4) is 11.5 Å². The molecule has 0 saturated carbocycles. The number of ether oxygens (including phenoxy) is 2. The van der Waals surface area contributed by atoms with Gasteiger partial charge in [-0.05, 0) is 30.2 Å². The molecule has 0 fully saturated rings. The lowest BCUT2D eigenvalue weighted by Crippen LogP contribution is -2.16. The molecule has 2 aromatic rings. The third-order valence-corrected chi connectivity index (χ3v) is 4.14. The highest BCUT2D eigenvalue weighted by Crippen LogP contribution is 2.31. The summed E-state index contributed by atoms with van der Waals surface area (Å²) in [6.07, 6.45) is 1.21. The van der Waals surface area contributed by atoms with Crippen LogP contribution in [-0.2, 0) is 6.42 Å². The molecule has 0 saturated heterocycles. The van der Waals surface area contributed by atoms with Gasteiger partial charge in [-0.1, -0.05) is 31.2 Å². The third-order valence-electron chi connectivity index (χ3n) is 4.14. The van der Waals surface area contributed by atoms with E-state index in [2.05, 4.69) is 0 Å². The van der Waals surface area contributed by atoms with Crippen molar-refractivity contribution in [1.29, 1.82) is 0 Å². The Bertz CT molecular complexity index is 764. The molecular formula is C20H20O4. The van der Waals surface area contributed by atoms with Crippen LogP contribution in [0.3, 0.4) is 0 Å². The molecule has 0 atom stereocenters. The van der Waals surface area contributed by atoms with E-state index in [4.69, 9.17) is 9.47 Å². The lowest BCUT2D eigenvalue weighted by molar-refractivity contribution is 0.0916. The van der Waals surface area contributed by atoms with Gasteiger partial charge < -0.3 is 9.47 Å². The fourth-order valence-corrected chi connectivity index (χ4v) is 2.82. The molecule has 1 aliphatic rings. The number of hydrogen-bond acceptors (Lipinski definition) is 4. The van der Waals surface area contributed by atoms with Gasteiger partial charge >= 0.3 is 0 Å². The molecule has 124 valence electrons. The molecule has 4 heteroatoms. The van der Waals surface area contributed by atoms with Gasteiger partial charge in [-0.25, -0.2) is 0 Å². The fourth-order valence-electron chi connectivity index (χ4n) is 2.82. The Morgan fingerprint density at radius 2 is 1.62 bits per heavy atom. The van der Waals surface area contributed by atoms with Gasteiger partial charge in [0.15, 0.2) is 23.1 Å². The second kappa shape index (κ2) is 7.30. The van der Waals surface area contributed by atoms with E-state index in [0.29, 0.717) is 30.3 Å². The third kappa shape index (κ3) is 3.48. The summed E-state index contributed by atoms with van der Waals surface area (Å²) in [7, 11) is 0. The number of rotatable bonds is 6. The summed E-state index contributed by atoms with van der Waals surface area (Å²) in [5.74, 6) is 1.20. The Labute approximate surface area is 141 Å². The van der Waals surface area contributed by atoms with Crippen molar-refractivity contribution in [2.75, 3.05) is 13.2 Å². The van der Waals surface area contributed by atoms with Crippen molar-refractivity contribution in [2.45, 2.75) is 26.2 Å². The number of aryl methyl sites for hydroxylation is 1. The molecule has 0 radical (unpaired) electrons. The van der Waals surface area contributed by atoms with Gasteiger partial charge in [-0.2, -0.15) is 0 Å². The highest BCUT2D eigenvalue weighted by atomic mass is 16.6. The molecule has 1 aliphatic heterocycles. The van der Waals surface area contributed by atoms with Crippen molar-refractivity contribution in [3.63, 3.8) is 0 Å². The zero-order valence-corrected chi connectivity index (χ0v) is 13.7. The summed E-state index contributed by atoms with van der Waals surface area (Å²) in [6.45, 7) is 3.02. The summed E-state index contributed by atoms with van der Waals surface area (Å²) >= 11 is 0. The minimum atomic E-state index is -0.0608. The summed E-state index contributed by atoms with van der Waals surface area (Å²) in [6, 6.07) is 12.7. The van der Waals surface area contributed by atoms with Crippen LogP contribution in [0.4, 0.5) is 0 Å². The zero-order chi connectivity index (χ0) is 16.9. The minimum absolute atomic E-state index is 0.0124. The second-order valence-electron chi connectivity index (χ2n) is 5.72. The highest BCUT2D eigenvalue weighted by molar-refractivity contribution is 6.03. The lowest BCUT2D eigenvalue weighted by atomic mass is 9.97. The number of hydrogen-bond donors (Lipinski definition) is 0. The van der Waals surface area contributed by atoms with Gasteiger partial charge in [0, 0.05) is 24.0 Å². The van der Waals surface area contributed by atoms with Gasteiger partial charge in [0.25, 0.3) is 0 Å². The van der Waals surface area contributed by atoms with E-state index in [1.54, 1.807) is 18.2 Å². The van der Waals surface area contributed by atoms with Crippen LogP contribution in [0.25, 0.3) is 0 Å². The van der Waals surface area contributed by atoms with Crippen molar-refractivity contribution >= 4 is 11.6 Å². The summed E-state index contributed by atoms with van der Waals surface area (Å²) in [5.41, 5.74) is 2.29. The van der Waals surface area contributed by atoms with Crippen molar-refractivity contribution < 1.29 is 19.1 Å². The van der Waals surface area contributed by atoms with E-state index < -0.39 is 0 Å². The van der Waals surface area contributed by atoms with E-state index in [1.165, 1.54) is 0 Å². The Morgan fingerprint density at radius 3 is 2.42 bits per heavy atom. The molecule has 3 rings (SSSR count). The minimum Gasteiger partial charge on any atom is -0.486 e. The number of fused-ring (bicyclic) bond motifs is 1. The van der Waals surface area contributed by atoms with Crippen molar-refractivity contribution in [3.05, 3.63) is 59.2 Å². The molecule has 0 unspecified atom stereocenters. The van der Waals surface area contributed by atoms with Crippen LogP contribution in [0.2, 0.25) is 0 Å². The lowest BCUT2D eigenvalue weighted by Gasteiger charge is -2.18. The van der Waals surface area contributed by atoms with E-state index in [1.807, 2.05) is 31.2 Å². The first kappa shape index (κ1) is 16.2. The zero-order valence-electron chi connectivity index (χ0n) is 13.7. The van der Waals surface area contributed by atoms with Crippen LogP contribution in [0.5, 0.6) is 11.5 Å². The van der Waals surface area contributed by atoms with Crippen LogP contribution >= 0.6 is 0 Å². The standard InChI is InChI=1S/C20H20O4/c1-2-14-5-3-4-6-16(14)18(22)9-8-17(21)15-7-10-19-20(13-15)24-12-11-23-19/h3-7,10,13H,2,8-9,11-12H2,1H3. The summed E-state index contributed by atoms with van der Waals surface area (Å²) in [4.78, 5) is 24.8. The number of ketones is 2. The largest absolute Gasteiger partial charge is 0.486 e. The number of benzene rings is 2. The normalized spacial score (nSPS) is 12.7. The maximum absolute atomic E-state index is 12.4. The van der Waals surface area contributed by atoms with E-state index in [0.717, 1.165) is 17.5 Å². The first-order chi connectivity index (χ1) is 11.7. The smallest absolute Gasteiger partial charge is 0.163 e. The van der Waals surface area contributed by atoms with E-state index in [9.17, 15) is 9.59 Å². The Balaban J connectivity index is 1.66. The molecular weight excluding hydrogens is 304 g/mol. The van der Waals surface area contributed by atoms with Crippen molar-refractivity contribution in [1.82, 2.24) is 0 Å². The molecule has 2 aromatic carbocycles. The molecule has 4 nitrogen and oxygen atoms in total. The Hall–Kier alpha value is -2.62.